The summed E-state index contributed by atoms with van der Waals surface area (Å²) in [5.41, 5.74) is 11.2. The van der Waals surface area contributed by atoms with E-state index >= 15 is 0 Å². The molecule has 112 heavy (non-hydrogen) atoms. The highest BCUT2D eigenvalue weighted by Crippen LogP contribution is 2.49. The Labute approximate surface area is 675 Å². The van der Waals surface area contributed by atoms with Gasteiger partial charge in [-0.3, -0.25) is 9.59 Å². The number of fused-ring (bicyclic) bond motifs is 2. The number of carbonyl (C=O) groups excluding carboxylic acids is 4. The normalized spacial score (nSPS) is 18.2. The first-order valence-electron chi connectivity index (χ1n) is 39.7. The quantitative estimate of drug-likeness (QED) is 0.0250. The lowest BCUT2D eigenvalue weighted by Gasteiger charge is -2.32. The highest BCUT2D eigenvalue weighted by atomic mass is 127. The van der Waals surface area contributed by atoms with Crippen LogP contribution in [0, 0.1) is 15.4 Å². The number of hydrogen-bond acceptors (Lipinski definition) is 14. The number of aromatic nitrogens is 4. The van der Waals surface area contributed by atoms with Crippen molar-refractivity contribution in [3.63, 3.8) is 0 Å². The maximum Gasteiger partial charge on any atom is 0.495 e. The monoisotopic (exact) mass is 1630 g/mol. The molecule has 0 radical (unpaired) electrons. The molecule has 2 aromatic heterocycles. The second kappa shape index (κ2) is 38.6. The molecule has 22 heteroatoms. The molecule has 2 saturated carbocycles. The summed E-state index contributed by atoms with van der Waals surface area (Å²) in [6, 6.07) is 50.9. The molecular formula is C90H112BIN8O12. The van der Waals surface area contributed by atoms with Gasteiger partial charge in [0.15, 0.2) is 12.5 Å². The minimum absolute atomic E-state index is 0.0187. The van der Waals surface area contributed by atoms with Gasteiger partial charge < -0.3 is 58.2 Å². The molecule has 594 valence electrons. The van der Waals surface area contributed by atoms with E-state index in [1.807, 2.05) is 95.0 Å². The van der Waals surface area contributed by atoms with Gasteiger partial charge in [-0.25, -0.2) is 19.0 Å². The number of amides is 4. The Bertz CT molecular complexity index is 4560. The van der Waals surface area contributed by atoms with Crippen LogP contribution in [0.15, 0.2) is 182 Å². The summed E-state index contributed by atoms with van der Waals surface area (Å²) in [4.78, 5) is 51.2. The van der Waals surface area contributed by atoms with Crippen LogP contribution in [-0.2, 0) is 37.8 Å². The SMILES string of the molecule is CC1(C)OB(/C(=C(\c2ccccc2)C2CCC2)c2ccc3c(cnn3C3CCCCO3)c2)OC1(C)C.CNC(=O)/C=C/CN(CCOc1ccc(/C(=C(\c2ccccc2)C2CCC2)c2ccc3c(cnn3C3CCCCO3)c2)cc1)C(=O)OC(C)(C)C.CNC(=O)/C=C/CN(CCOc1ccc(I)cc1)C(=O)OC(C)(C)C. The fourth-order valence-corrected chi connectivity index (χ4v) is 14.5. The van der Waals surface area contributed by atoms with E-state index in [-0.39, 0.29) is 44.0 Å². The van der Waals surface area contributed by atoms with Gasteiger partial charge in [0, 0.05) is 66.9 Å². The lowest BCUT2D eigenvalue weighted by Crippen LogP contribution is -2.41. The Morgan fingerprint density at radius 3 is 1.37 bits per heavy atom. The lowest BCUT2D eigenvalue weighted by atomic mass is 9.64. The summed E-state index contributed by atoms with van der Waals surface area (Å²) >= 11 is 2.22. The molecule has 5 aliphatic rings. The van der Waals surface area contributed by atoms with Gasteiger partial charge in [-0.15, -0.1) is 0 Å². The molecule has 0 bridgehead atoms. The zero-order valence-corrected chi connectivity index (χ0v) is 69.5. The first kappa shape index (κ1) is 83.9. The van der Waals surface area contributed by atoms with Crippen molar-refractivity contribution in [3.8, 4) is 11.5 Å². The third kappa shape index (κ3) is 22.4. The molecule has 2 atom stereocenters. The minimum Gasteiger partial charge on any atom is -0.492 e. The third-order valence-corrected chi connectivity index (χ3v) is 21.8. The van der Waals surface area contributed by atoms with E-state index in [0.29, 0.717) is 37.3 Å². The second-order valence-corrected chi connectivity index (χ2v) is 33.4. The molecule has 4 amide bonds. The number of benzene rings is 6. The van der Waals surface area contributed by atoms with Crippen LogP contribution in [-0.4, -0.2) is 150 Å². The molecule has 5 heterocycles. The van der Waals surface area contributed by atoms with Crippen LogP contribution in [0.1, 0.15) is 187 Å². The molecule has 3 saturated heterocycles. The molecule has 5 fully saturated rings. The van der Waals surface area contributed by atoms with E-state index in [1.165, 1.54) is 94.7 Å². The van der Waals surface area contributed by atoms with Crippen molar-refractivity contribution in [1.29, 1.82) is 0 Å². The molecule has 2 unspecified atom stereocenters. The number of nitrogens with zero attached hydrogens (tertiary/aromatic N) is 6. The summed E-state index contributed by atoms with van der Waals surface area (Å²) in [6.45, 7) is 22.7. The molecule has 0 spiro atoms. The standard InChI is InChI=1S/C42H50N4O5.C30H37BN2O3.C18H25IN2O4/c1-42(2,3)51-41(48)45(24-11-16-37(47)43-4)25-27-49-35-21-18-32(19-22-35)40(39(31-14-10-15-31)30-12-6-5-7-13-30)33-20-23-36-34(28-33)29-44-46(36)38-17-8-9-26-50-38;1-29(2)30(3,4)36-31(35-29)28(27(22-13-10-14-22)21-11-6-5-7-12-21)23-16-17-25-24(19-23)20-32-33(25)26-15-8-9-18-34-26;1-18(2,3)25-17(23)21(11-5-6-16(22)20-4)12-13-24-15-9-7-14(19)8-10-15/h5-7,11-13,16,18-23,28-29,31,38H,8-10,14-15,17,24-27H2,1-4H3,(H,43,47);5-7,11-12,16-17,19-20,22,26H,8-10,13-15,18H2,1-4H3;5-10H,11-13H2,1-4H3,(H,20,22)/b16-11+,40-39-;28-27+;6-5+. The molecule has 2 aliphatic carbocycles. The summed E-state index contributed by atoms with van der Waals surface area (Å²) in [6.07, 6.45) is 22.9. The molecule has 8 aromatic rings. The predicted molar refractivity (Wildman–Crippen MR) is 452 cm³/mol. The van der Waals surface area contributed by atoms with Crippen LogP contribution in [0.4, 0.5) is 9.59 Å². The van der Waals surface area contributed by atoms with E-state index in [4.69, 9.17) is 47.9 Å². The number of ether oxygens (including phenoxy) is 6. The fraction of sp³-hybridized carbons (Fsp3) is 0.444. The third-order valence-electron chi connectivity index (χ3n) is 21.1. The van der Waals surface area contributed by atoms with Crippen molar-refractivity contribution in [2.45, 2.75) is 181 Å². The van der Waals surface area contributed by atoms with Crippen molar-refractivity contribution < 1.29 is 56.9 Å². The molecule has 13 rings (SSSR count). The largest absolute Gasteiger partial charge is 0.495 e. The number of rotatable bonds is 24. The smallest absolute Gasteiger partial charge is 0.492 e. The van der Waals surface area contributed by atoms with E-state index < -0.39 is 41.7 Å². The highest BCUT2D eigenvalue weighted by Gasteiger charge is 2.54. The average Bonchev–Trinajstić information content (AvgIpc) is 1.57. The van der Waals surface area contributed by atoms with Crippen molar-refractivity contribution in [3.05, 3.63) is 214 Å². The van der Waals surface area contributed by atoms with Crippen LogP contribution in [0.2, 0.25) is 0 Å². The Morgan fingerprint density at radius 1 is 0.527 bits per heavy atom. The second-order valence-electron chi connectivity index (χ2n) is 32.1. The summed E-state index contributed by atoms with van der Waals surface area (Å²) in [5, 5.41) is 16.8. The average molecular weight is 1640 g/mol. The molecular weight excluding hydrogens is 1520 g/mol. The van der Waals surface area contributed by atoms with Gasteiger partial charge in [0.25, 0.3) is 0 Å². The summed E-state index contributed by atoms with van der Waals surface area (Å²) in [7, 11) is 2.68. The van der Waals surface area contributed by atoms with E-state index in [9.17, 15) is 19.2 Å². The van der Waals surface area contributed by atoms with Crippen LogP contribution < -0.4 is 20.1 Å². The van der Waals surface area contributed by atoms with Crippen LogP contribution in [0.3, 0.4) is 0 Å². The van der Waals surface area contributed by atoms with Gasteiger partial charge in [0.05, 0.1) is 47.7 Å². The van der Waals surface area contributed by atoms with Crippen LogP contribution in [0.5, 0.6) is 11.5 Å². The maximum absolute atomic E-state index is 12.9. The zero-order chi connectivity index (χ0) is 79.6. The number of nitrogens with one attached hydrogen (secondary N) is 2. The first-order chi connectivity index (χ1) is 53.7. The topological polar surface area (TPSA) is 208 Å². The minimum atomic E-state index is -0.644. The van der Waals surface area contributed by atoms with Crippen LogP contribution in [0.25, 0.3) is 44.0 Å². The lowest BCUT2D eigenvalue weighted by molar-refractivity contribution is -0.116. The highest BCUT2D eigenvalue weighted by molar-refractivity contribution is 14.1. The van der Waals surface area contributed by atoms with Gasteiger partial charge in [-0.2, -0.15) is 10.2 Å². The van der Waals surface area contributed by atoms with Gasteiger partial charge >= 0.3 is 19.3 Å². The van der Waals surface area contributed by atoms with Gasteiger partial charge in [0.1, 0.15) is 35.9 Å². The van der Waals surface area contributed by atoms with Gasteiger partial charge in [-0.1, -0.05) is 110 Å². The Balaban J connectivity index is 0.000000177. The Hall–Kier alpha value is -9.07. The van der Waals surface area contributed by atoms with E-state index in [0.717, 1.165) is 98.6 Å². The van der Waals surface area contributed by atoms with Crippen molar-refractivity contribution in [1.82, 2.24) is 40.0 Å². The van der Waals surface area contributed by atoms with E-state index in [2.05, 4.69) is 175 Å². The first-order valence-corrected chi connectivity index (χ1v) is 40.8. The number of halogens is 1. The van der Waals surface area contributed by atoms with E-state index in [1.54, 1.807) is 26.2 Å². The van der Waals surface area contributed by atoms with Crippen molar-refractivity contribution in [2.24, 2.45) is 11.8 Å². The zero-order valence-electron chi connectivity index (χ0n) is 67.3. The molecule has 2 N–H and O–H groups in total. The summed E-state index contributed by atoms with van der Waals surface area (Å²) in [5.74, 6) is 1.97. The summed E-state index contributed by atoms with van der Waals surface area (Å²) < 4.78 is 53.5. The molecule has 3 aliphatic heterocycles. The molecule has 6 aromatic carbocycles. The predicted octanol–water partition coefficient (Wildman–Crippen LogP) is 18.7. The number of allylic oxidation sites excluding steroid dienone is 2. The molecule has 20 nitrogen and oxygen atoms in total. The van der Waals surface area contributed by atoms with Crippen molar-refractivity contribution >= 4 is 97.7 Å². The van der Waals surface area contributed by atoms with Crippen LogP contribution >= 0.6 is 22.6 Å². The maximum atomic E-state index is 12.9. The number of carbonyl (C=O) groups is 4. The van der Waals surface area contributed by atoms with Gasteiger partial charge in [0.2, 0.25) is 11.8 Å². The number of likely N-dealkylation sites (N-methyl/N-ethyl adjacent to an activating group) is 2. The van der Waals surface area contributed by atoms with Crippen molar-refractivity contribution in [2.75, 3.05) is 66.7 Å². The Kier molecular flexibility index (Phi) is 28.9. The Morgan fingerprint density at radius 2 is 0.946 bits per heavy atom. The van der Waals surface area contributed by atoms with Gasteiger partial charge in [-0.05, 0) is 279 Å². The fourth-order valence-electron chi connectivity index (χ4n) is 14.1. The number of hydrogen-bond donors (Lipinski definition) is 2.